The van der Waals surface area contributed by atoms with Gasteiger partial charge in [-0.2, -0.15) is 0 Å². The van der Waals surface area contributed by atoms with Crippen molar-refractivity contribution in [2.24, 2.45) is 11.8 Å². The molecule has 2 aromatic carbocycles. The van der Waals surface area contributed by atoms with Gasteiger partial charge < -0.3 is 4.74 Å². The molecule has 2 aliphatic rings. The number of ether oxygens (including phenoxy) is 1. The van der Waals surface area contributed by atoms with Crippen LogP contribution in [0.15, 0.2) is 41.3 Å². The van der Waals surface area contributed by atoms with Crippen molar-refractivity contribution in [2.45, 2.75) is 28.9 Å². The molecule has 0 unspecified atom stereocenters. The van der Waals surface area contributed by atoms with Crippen molar-refractivity contribution >= 4 is 32.1 Å². The first kappa shape index (κ1) is 21.5. The Labute approximate surface area is 179 Å². The minimum absolute atomic E-state index is 0.0345. The lowest BCUT2D eigenvalue weighted by molar-refractivity contribution is 0.104. The molecule has 162 valence electrons. The lowest BCUT2D eigenvalue weighted by atomic mass is 9.69. The summed E-state index contributed by atoms with van der Waals surface area (Å²) in [6.45, 7) is -0.146. The molecule has 0 bridgehead atoms. The first-order valence-corrected chi connectivity index (χ1v) is 12.6. The summed E-state index contributed by atoms with van der Waals surface area (Å²) in [4.78, 5) is -0.0539. The van der Waals surface area contributed by atoms with Gasteiger partial charge in [0.25, 0.3) is 0 Å². The predicted molar refractivity (Wildman–Crippen MR) is 108 cm³/mol. The van der Waals surface area contributed by atoms with Crippen molar-refractivity contribution in [2.75, 3.05) is 12.4 Å². The molecule has 1 heterocycles. The fourth-order valence-corrected chi connectivity index (χ4v) is 8.05. The molecule has 0 aromatic heterocycles. The summed E-state index contributed by atoms with van der Waals surface area (Å²) in [5.41, 5.74) is -0.307. The molecule has 0 saturated heterocycles. The fourth-order valence-electron chi connectivity index (χ4n) is 4.81. The first-order chi connectivity index (χ1) is 14.2. The van der Waals surface area contributed by atoms with Crippen molar-refractivity contribution in [3.63, 3.8) is 0 Å². The van der Waals surface area contributed by atoms with Crippen molar-refractivity contribution in [3.05, 3.63) is 58.6 Å². The van der Waals surface area contributed by atoms with E-state index >= 15 is 4.39 Å². The normalized spacial score (nSPS) is 26.0. The molecule has 0 amide bonds. The molecule has 0 spiro atoms. The van der Waals surface area contributed by atoms with E-state index in [0.29, 0.717) is 5.02 Å². The average molecular weight is 477 g/mol. The first-order valence-electron chi connectivity index (χ1n) is 9.40. The zero-order chi connectivity index (χ0) is 21.7. The maximum Gasteiger partial charge on any atom is 0.188 e. The predicted octanol–water partition coefficient (Wildman–Crippen LogP) is 3.71. The maximum absolute atomic E-state index is 15.1. The van der Waals surface area contributed by atoms with E-state index < -0.39 is 48.6 Å². The van der Waals surface area contributed by atoms with Crippen molar-refractivity contribution in [1.29, 1.82) is 0 Å². The van der Waals surface area contributed by atoms with Crippen molar-refractivity contribution in [3.8, 4) is 5.75 Å². The van der Waals surface area contributed by atoms with Gasteiger partial charge in [-0.15, -0.1) is 0 Å². The van der Waals surface area contributed by atoms with Gasteiger partial charge in [-0.1, -0.05) is 11.6 Å². The summed E-state index contributed by atoms with van der Waals surface area (Å²) in [6, 6.07) is 7.35. The Balaban J connectivity index is 1.94. The number of rotatable bonds is 4. The topological polar surface area (TPSA) is 77.5 Å². The van der Waals surface area contributed by atoms with Crippen LogP contribution in [-0.4, -0.2) is 29.2 Å². The van der Waals surface area contributed by atoms with Crippen LogP contribution < -0.4 is 4.74 Å². The second kappa shape index (κ2) is 7.76. The molecule has 1 aliphatic carbocycles. The lowest BCUT2D eigenvalue weighted by Crippen LogP contribution is -2.52. The minimum Gasteiger partial charge on any atom is -0.490 e. The van der Waals surface area contributed by atoms with Gasteiger partial charge in [0.05, 0.1) is 22.8 Å². The van der Waals surface area contributed by atoms with Crippen LogP contribution in [0.5, 0.6) is 5.75 Å². The Morgan fingerprint density at radius 3 is 2.43 bits per heavy atom. The van der Waals surface area contributed by atoms with Crippen LogP contribution in [0, 0.1) is 23.5 Å². The van der Waals surface area contributed by atoms with Crippen LogP contribution >= 0.6 is 11.6 Å². The van der Waals surface area contributed by atoms with E-state index in [2.05, 4.69) is 0 Å². The minimum atomic E-state index is -4.20. The van der Waals surface area contributed by atoms with Gasteiger partial charge >= 0.3 is 0 Å². The van der Waals surface area contributed by atoms with Crippen molar-refractivity contribution in [1.82, 2.24) is 0 Å². The van der Waals surface area contributed by atoms with E-state index in [-0.39, 0.29) is 48.0 Å². The summed E-state index contributed by atoms with van der Waals surface area (Å²) in [7, 11) is -6.84. The Bertz CT molecular complexity index is 1160. The molecule has 2 aromatic rings. The Kier molecular flexibility index (Phi) is 5.57. The van der Waals surface area contributed by atoms with Crippen LogP contribution in [-0.2, 0) is 25.3 Å². The van der Waals surface area contributed by atoms with Crippen LogP contribution in [0.3, 0.4) is 0 Å². The quantitative estimate of drug-likeness (QED) is 0.681. The number of benzene rings is 2. The highest BCUT2D eigenvalue weighted by Crippen LogP contribution is 2.57. The maximum atomic E-state index is 15.1. The van der Waals surface area contributed by atoms with Gasteiger partial charge in [0.15, 0.2) is 21.4 Å². The third-order valence-corrected chi connectivity index (χ3v) is 9.78. The highest BCUT2D eigenvalue weighted by molar-refractivity contribution is 7.92. The number of halogens is 3. The zero-order valence-corrected chi connectivity index (χ0v) is 18.2. The molecule has 10 heteroatoms. The van der Waals surface area contributed by atoms with Gasteiger partial charge in [0.2, 0.25) is 0 Å². The molecule has 4 rings (SSSR count). The van der Waals surface area contributed by atoms with E-state index in [1.807, 2.05) is 0 Å². The molecule has 3 atom stereocenters. The Morgan fingerprint density at radius 1 is 1.10 bits per heavy atom. The monoisotopic (exact) mass is 476 g/mol. The molecule has 5 nitrogen and oxygen atoms in total. The summed E-state index contributed by atoms with van der Waals surface area (Å²) < 4.78 is 83.5. The Morgan fingerprint density at radius 2 is 1.77 bits per heavy atom. The zero-order valence-electron chi connectivity index (χ0n) is 15.7. The number of hydrogen-bond acceptors (Lipinski definition) is 5. The summed E-state index contributed by atoms with van der Waals surface area (Å²) in [5.74, 6) is -3.16. The molecule has 0 N–H and O–H groups in total. The van der Waals surface area contributed by atoms with Crippen LogP contribution in [0.2, 0.25) is 5.02 Å². The summed E-state index contributed by atoms with van der Waals surface area (Å²) in [5, 5.41) is 0.343. The van der Waals surface area contributed by atoms with E-state index in [9.17, 15) is 21.2 Å². The van der Waals surface area contributed by atoms with E-state index in [4.69, 9.17) is 16.3 Å². The average Bonchev–Trinajstić information content (AvgIpc) is 2.70. The van der Waals surface area contributed by atoms with Crippen LogP contribution in [0.4, 0.5) is 8.78 Å². The third-order valence-electron chi connectivity index (χ3n) is 6.12. The van der Waals surface area contributed by atoms with E-state index in [1.165, 1.54) is 24.3 Å². The molecule has 30 heavy (non-hydrogen) atoms. The number of sulfone groups is 1. The largest absolute Gasteiger partial charge is 0.490 e. The smallest absolute Gasteiger partial charge is 0.188 e. The standard InChI is InChI=1S/C20H19ClF2O5S2/c21-14-1-3-15(4-2-14)30(26,27)20-8-7-12(11-29(24)25)9-13(20)10-28-19-17(23)6-5-16(22)18(19)20/h1-6,12-13,29H,7-11H2/t12-,13-,20+/m1/s1. The molecular weight excluding hydrogens is 458 g/mol. The van der Waals surface area contributed by atoms with Gasteiger partial charge in [-0.05, 0) is 61.6 Å². The number of thiol groups is 1. The van der Waals surface area contributed by atoms with E-state index in [0.717, 1.165) is 12.1 Å². The van der Waals surface area contributed by atoms with Gasteiger partial charge in [0, 0.05) is 10.9 Å². The van der Waals surface area contributed by atoms with E-state index in [1.54, 1.807) is 0 Å². The molecule has 0 radical (unpaired) electrons. The van der Waals surface area contributed by atoms with Crippen molar-refractivity contribution < 1.29 is 30.4 Å². The molecule has 1 saturated carbocycles. The van der Waals surface area contributed by atoms with Gasteiger partial charge in [-0.25, -0.2) is 25.6 Å². The highest BCUT2D eigenvalue weighted by atomic mass is 35.5. The summed E-state index contributed by atoms with van der Waals surface area (Å²) in [6.07, 6.45) is 0.431. The Hall–Kier alpha value is -1.71. The third kappa shape index (κ3) is 3.31. The molecule has 1 fully saturated rings. The molecular formula is C20H19ClF2O5S2. The van der Waals surface area contributed by atoms with Crippen LogP contribution in [0.1, 0.15) is 24.8 Å². The number of hydrogen-bond donors (Lipinski definition) is 1. The van der Waals surface area contributed by atoms with Gasteiger partial charge in [0.1, 0.15) is 21.3 Å². The van der Waals surface area contributed by atoms with Gasteiger partial charge in [-0.3, -0.25) is 0 Å². The SMILES string of the molecule is O=[SH](=O)C[C@@H]1CC[C@@]2(S(=O)(=O)c3ccc(Cl)cc3)c3c(F)ccc(F)c3OC[C@H]2C1. The summed E-state index contributed by atoms with van der Waals surface area (Å²) >= 11 is 5.90. The highest BCUT2D eigenvalue weighted by Gasteiger charge is 2.59. The van der Waals surface area contributed by atoms with Crippen LogP contribution in [0.25, 0.3) is 0 Å². The lowest BCUT2D eigenvalue weighted by Gasteiger charge is -2.48. The fraction of sp³-hybridized carbons (Fsp3) is 0.400. The number of fused-ring (bicyclic) bond motifs is 3. The second-order valence-electron chi connectivity index (χ2n) is 7.74. The second-order valence-corrected chi connectivity index (χ2v) is 11.4. The molecule has 1 aliphatic heterocycles.